The van der Waals surface area contributed by atoms with E-state index in [2.05, 4.69) is 18.7 Å². The molecule has 0 aliphatic heterocycles. The van der Waals surface area contributed by atoms with Gasteiger partial charge in [-0.25, -0.2) is 0 Å². The van der Waals surface area contributed by atoms with E-state index in [9.17, 15) is 4.79 Å². The van der Waals surface area contributed by atoms with Crippen LogP contribution in [0.4, 0.5) is 0 Å². The van der Waals surface area contributed by atoms with E-state index in [0.29, 0.717) is 6.42 Å². The lowest BCUT2D eigenvalue weighted by Gasteiger charge is -2.33. The van der Waals surface area contributed by atoms with Gasteiger partial charge < -0.3 is 0 Å². The molecule has 3 heteroatoms. The lowest BCUT2D eigenvalue weighted by molar-refractivity contribution is -0.113. The Kier molecular flexibility index (Phi) is 2.00. The molecule has 1 saturated carbocycles. The average Bonchev–Trinajstić information content (AvgIpc) is 1.78. The second-order valence-corrected chi connectivity index (χ2v) is 3.32. The SMILES string of the molecule is N#CC1(CC(=O)S)CCC1. The lowest BCUT2D eigenvalue weighted by Crippen LogP contribution is -2.29. The Balaban J connectivity index is 2.51. The highest BCUT2D eigenvalue weighted by molar-refractivity contribution is 7.96. The van der Waals surface area contributed by atoms with Crippen molar-refractivity contribution in [2.75, 3.05) is 0 Å². The predicted molar refractivity (Wildman–Crippen MR) is 40.5 cm³/mol. The summed E-state index contributed by atoms with van der Waals surface area (Å²) < 4.78 is 0. The van der Waals surface area contributed by atoms with Crippen molar-refractivity contribution in [2.45, 2.75) is 25.7 Å². The second kappa shape index (κ2) is 2.63. The van der Waals surface area contributed by atoms with Gasteiger partial charge in [-0.3, -0.25) is 4.79 Å². The van der Waals surface area contributed by atoms with Crippen LogP contribution in [0, 0.1) is 16.7 Å². The number of rotatable bonds is 2. The number of hydrogen-bond acceptors (Lipinski definition) is 2. The topological polar surface area (TPSA) is 40.9 Å². The van der Waals surface area contributed by atoms with Gasteiger partial charge in [0.15, 0.2) is 5.12 Å². The summed E-state index contributed by atoms with van der Waals surface area (Å²) in [6.07, 6.45) is 3.15. The quantitative estimate of drug-likeness (QED) is 0.614. The molecule has 1 aliphatic rings. The first-order valence-electron chi connectivity index (χ1n) is 3.32. The van der Waals surface area contributed by atoms with Crippen LogP contribution in [0.1, 0.15) is 25.7 Å². The highest BCUT2D eigenvalue weighted by atomic mass is 32.1. The van der Waals surface area contributed by atoms with Gasteiger partial charge in [0.25, 0.3) is 0 Å². The minimum Gasteiger partial charge on any atom is -0.287 e. The fourth-order valence-electron chi connectivity index (χ4n) is 1.22. The van der Waals surface area contributed by atoms with Gasteiger partial charge in [-0.1, -0.05) is 6.42 Å². The lowest BCUT2D eigenvalue weighted by atomic mass is 9.68. The largest absolute Gasteiger partial charge is 0.287 e. The van der Waals surface area contributed by atoms with Crippen LogP contribution >= 0.6 is 12.6 Å². The third kappa shape index (κ3) is 1.32. The molecule has 10 heavy (non-hydrogen) atoms. The summed E-state index contributed by atoms with van der Waals surface area (Å²) in [6.45, 7) is 0. The summed E-state index contributed by atoms with van der Waals surface area (Å²) in [4.78, 5) is 10.5. The molecule has 0 heterocycles. The predicted octanol–water partition coefficient (Wildman–Crippen LogP) is 1.53. The number of hydrogen-bond donors (Lipinski definition) is 1. The third-order valence-corrected chi connectivity index (χ3v) is 2.20. The van der Waals surface area contributed by atoms with Gasteiger partial charge in [0, 0.05) is 6.42 Å². The van der Waals surface area contributed by atoms with Gasteiger partial charge in [-0.2, -0.15) is 5.26 Å². The Morgan fingerprint density at radius 3 is 2.40 bits per heavy atom. The molecule has 0 saturated heterocycles. The van der Waals surface area contributed by atoms with Crippen molar-refractivity contribution in [1.29, 1.82) is 5.26 Å². The van der Waals surface area contributed by atoms with E-state index in [0.717, 1.165) is 19.3 Å². The fraction of sp³-hybridized carbons (Fsp3) is 0.714. The number of thiol groups is 1. The average molecular weight is 155 g/mol. The van der Waals surface area contributed by atoms with E-state index >= 15 is 0 Å². The molecule has 0 radical (unpaired) electrons. The van der Waals surface area contributed by atoms with Crippen LogP contribution in [-0.4, -0.2) is 5.12 Å². The highest BCUT2D eigenvalue weighted by Gasteiger charge is 2.38. The maximum atomic E-state index is 10.5. The summed E-state index contributed by atoms with van der Waals surface area (Å²) in [5.41, 5.74) is -0.334. The first kappa shape index (κ1) is 7.62. The Morgan fingerprint density at radius 2 is 2.30 bits per heavy atom. The Bertz CT molecular complexity index is 190. The third-order valence-electron chi connectivity index (χ3n) is 2.04. The zero-order chi connectivity index (χ0) is 7.61. The van der Waals surface area contributed by atoms with Crippen LogP contribution in [0.5, 0.6) is 0 Å². The van der Waals surface area contributed by atoms with Gasteiger partial charge in [-0.15, -0.1) is 12.6 Å². The number of nitrogens with zero attached hydrogens (tertiary/aromatic N) is 1. The second-order valence-electron chi connectivity index (χ2n) is 2.82. The van der Waals surface area contributed by atoms with Gasteiger partial charge >= 0.3 is 0 Å². The Morgan fingerprint density at radius 1 is 1.70 bits per heavy atom. The molecular formula is C7H9NOS. The van der Waals surface area contributed by atoms with E-state index in [1.807, 2.05) is 0 Å². The molecular weight excluding hydrogens is 146 g/mol. The zero-order valence-electron chi connectivity index (χ0n) is 5.63. The van der Waals surface area contributed by atoms with Crippen molar-refractivity contribution in [3.05, 3.63) is 0 Å². The zero-order valence-corrected chi connectivity index (χ0v) is 6.53. The van der Waals surface area contributed by atoms with Crippen molar-refractivity contribution >= 4 is 17.7 Å². The minimum absolute atomic E-state index is 0.166. The highest BCUT2D eigenvalue weighted by Crippen LogP contribution is 2.43. The normalized spacial score (nSPS) is 20.8. The number of nitriles is 1. The standard InChI is InChI=1S/C7H9NOS/c8-5-7(2-1-3-7)4-6(9)10/h1-4H2,(H,9,10). The van der Waals surface area contributed by atoms with E-state index in [1.165, 1.54) is 0 Å². The molecule has 0 bridgehead atoms. The Hall–Kier alpha value is -0.490. The molecule has 0 spiro atoms. The van der Waals surface area contributed by atoms with Crippen molar-refractivity contribution in [3.8, 4) is 6.07 Å². The molecule has 0 aromatic heterocycles. The van der Waals surface area contributed by atoms with Crippen LogP contribution in [0.25, 0.3) is 0 Å². The van der Waals surface area contributed by atoms with E-state index in [-0.39, 0.29) is 10.5 Å². The summed E-state index contributed by atoms with van der Waals surface area (Å²) in [6, 6.07) is 2.18. The fourth-order valence-corrected chi connectivity index (χ4v) is 1.52. The van der Waals surface area contributed by atoms with Crippen LogP contribution in [0.2, 0.25) is 0 Å². The van der Waals surface area contributed by atoms with Crippen LogP contribution in [0.3, 0.4) is 0 Å². The molecule has 2 nitrogen and oxygen atoms in total. The van der Waals surface area contributed by atoms with Crippen molar-refractivity contribution < 1.29 is 4.79 Å². The Labute approximate surface area is 65.6 Å². The van der Waals surface area contributed by atoms with Crippen LogP contribution in [-0.2, 0) is 4.79 Å². The van der Waals surface area contributed by atoms with Gasteiger partial charge in [0.1, 0.15) is 0 Å². The van der Waals surface area contributed by atoms with Crippen molar-refractivity contribution in [1.82, 2.24) is 0 Å². The molecule has 0 amide bonds. The van der Waals surface area contributed by atoms with Crippen LogP contribution < -0.4 is 0 Å². The maximum Gasteiger partial charge on any atom is 0.187 e. The molecule has 1 rings (SSSR count). The molecule has 0 unspecified atom stereocenters. The minimum atomic E-state index is -0.334. The van der Waals surface area contributed by atoms with Crippen molar-refractivity contribution in [3.63, 3.8) is 0 Å². The molecule has 0 aromatic rings. The molecule has 54 valence electrons. The van der Waals surface area contributed by atoms with Crippen LogP contribution in [0.15, 0.2) is 0 Å². The first-order chi connectivity index (χ1) is 4.68. The molecule has 0 atom stereocenters. The first-order valence-corrected chi connectivity index (χ1v) is 3.76. The van der Waals surface area contributed by atoms with Crippen molar-refractivity contribution in [2.24, 2.45) is 5.41 Å². The summed E-state index contributed by atoms with van der Waals surface area (Å²) in [5, 5.41) is 8.48. The summed E-state index contributed by atoms with van der Waals surface area (Å²) >= 11 is 3.64. The van der Waals surface area contributed by atoms with Gasteiger partial charge in [0.05, 0.1) is 11.5 Å². The van der Waals surface area contributed by atoms with E-state index in [1.54, 1.807) is 0 Å². The maximum absolute atomic E-state index is 10.5. The van der Waals surface area contributed by atoms with E-state index in [4.69, 9.17) is 5.26 Å². The summed E-state index contributed by atoms with van der Waals surface area (Å²) in [5.74, 6) is 0. The molecule has 0 aromatic carbocycles. The van der Waals surface area contributed by atoms with E-state index < -0.39 is 0 Å². The number of carbonyl (C=O) groups is 1. The smallest absolute Gasteiger partial charge is 0.187 e. The number of carbonyl (C=O) groups excluding carboxylic acids is 1. The summed E-state index contributed by atoms with van der Waals surface area (Å²) in [7, 11) is 0. The van der Waals surface area contributed by atoms with Gasteiger partial charge in [0.2, 0.25) is 0 Å². The molecule has 1 fully saturated rings. The molecule has 0 N–H and O–H groups in total. The monoisotopic (exact) mass is 155 g/mol. The van der Waals surface area contributed by atoms with Gasteiger partial charge in [-0.05, 0) is 12.8 Å². The molecule has 1 aliphatic carbocycles.